The highest BCUT2D eigenvalue weighted by Gasteiger charge is 2.28. The molecule has 3 heteroatoms. The molecule has 2 atom stereocenters. The van der Waals surface area contributed by atoms with Crippen LogP contribution in [0, 0.1) is 5.41 Å². The third-order valence-corrected chi connectivity index (χ3v) is 3.27. The van der Waals surface area contributed by atoms with Gasteiger partial charge in [0.25, 0.3) is 0 Å². The van der Waals surface area contributed by atoms with E-state index in [9.17, 15) is 0 Å². The molecule has 1 aromatic carbocycles. The zero-order valence-electron chi connectivity index (χ0n) is 11.5. The second-order valence-electron chi connectivity index (χ2n) is 6.09. The van der Waals surface area contributed by atoms with Gasteiger partial charge in [-0.3, -0.25) is 0 Å². The molecule has 0 radical (unpaired) electrons. The Morgan fingerprint density at radius 1 is 1.33 bits per heavy atom. The van der Waals surface area contributed by atoms with E-state index in [0.717, 1.165) is 24.3 Å². The van der Waals surface area contributed by atoms with Gasteiger partial charge in [-0.1, -0.05) is 39.0 Å². The maximum absolute atomic E-state index is 6.24. The molecule has 2 unspecified atom stereocenters. The lowest BCUT2D eigenvalue weighted by atomic mass is 9.93. The number of para-hydroxylation sites is 1. The molecule has 1 aliphatic rings. The molecule has 18 heavy (non-hydrogen) atoms. The first-order valence-electron chi connectivity index (χ1n) is 6.56. The van der Waals surface area contributed by atoms with Crippen molar-refractivity contribution in [1.29, 1.82) is 0 Å². The summed E-state index contributed by atoms with van der Waals surface area (Å²) < 4.78 is 11.6. The van der Waals surface area contributed by atoms with Gasteiger partial charge in [-0.2, -0.15) is 0 Å². The molecule has 1 aliphatic heterocycles. The Hall–Kier alpha value is -1.06. The highest BCUT2D eigenvalue weighted by molar-refractivity contribution is 5.38. The third kappa shape index (κ3) is 3.24. The molecule has 0 bridgehead atoms. The molecule has 100 valence electrons. The van der Waals surface area contributed by atoms with Crippen LogP contribution in [0.1, 0.15) is 38.8 Å². The number of rotatable bonds is 3. The summed E-state index contributed by atoms with van der Waals surface area (Å²) in [7, 11) is 0. The first-order chi connectivity index (χ1) is 8.47. The Balaban J connectivity index is 1.93. The van der Waals surface area contributed by atoms with Gasteiger partial charge in [0.2, 0.25) is 0 Å². The van der Waals surface area contributed by atoms with Gasteiger partial charge in [0.1, 0.15) is 18.5 Å². The van der Waals surface area contributed by atoms with Crippen molar-refractivity contribution in [3.63, 3.8) is 0 Å². The van der Waals surface area contributed by atoms with Gasteiger partial charge in [0.15, 0.2) is 0 Å². The predicted octanol–water partition coefficient (Wildman–Crippen LogP) is 2.90. The van der Waals surface area contributed by atoms with E-state index in [1.54, 1.807) is 0 Å². The minimum Gasteiger partial charge on any atom is -0.490 e. The number of nitrogens with two attached hydrogens (primary N) is 1. The molecule has 2 rings (SSSR count). The fraction of sp³-hybridized carbons (Fsp3) is 0.600. The summed E-state index contributed by atoms with van der Waals surface area (Å²) in [5.74, 6) is 0.890. The lowest BCUT2D eigenvalue weighted by Gasteiger charge is -2.31. The molecule has 1 aromatic rings. The van der Waals surface area contributed by atoms with Crippen molar-refractivity contribution in [3.8, 4) is 5.75 Å². The number of benzene rings is 1. The lowest BCUT2D eigenvalue weighted by Crippen LogP contribution is -2.38. The van der Waals surface area contributed by atoms with Crippen molar-refractivity contribution < 1.29 is 9.47 Å². The first-order valence-corrected chi connectivity index (χ1v) is 6.56. The minimum atomic E-state index is -0.0880. The molecule has 0 saturated heterocycles. The van der Waals surface area contributed by atoms with E-state index in [0.29, 0.717) is 6.61 Å². The van der Waals surface area contributed by atoms with Crippen LogP contribution in [0.25, 0.3) is 0 Å². The van der Waals surface area contributed by atoms with Crippen molar-refractivity contribution in [2.75, 3.05) is 13.2 Å². The summed E-state index contributed by atoms with van der Waals surface area (Å²) >= 11 is 0. The van der Waals surface area contributed by atoms with Crippen molar-refractivity contribution in [3.05, 3.63) is 29.8 Å². The Bertz CT molecular complexity index is 398. The van der Waals surface area contributed by atoms with Crippen LogP contribution in [0.3, 0.4) is 0 Å². The molecular formula is C15H23NO2. The standard InChI is InChI=1S/C15H23NO2/c1-15(2,3)8-9-17-13-10-18-12-7-5-4-6-11(12)14(13)16/h4-7,13-14H,8-10,16H2,1-3H3. The zero-order valence-corrected chi connectivity index (χ0v) is 11.5. The van der Waals surface area contributed by atoms with Gasteiger partial charge in [-0.15, -0.1) is 0 Å². The third-order valence-electron chi connectivity index (χ3n) is 3.27. The summed E-state index contributed by atoms with van der Waals surface area (Å²) in [6, 6.07) is 7.83. The van der Waals surface area contributed by atoms with E-state index in [-0.39, 0.29) is 17.6 Å². The Morgan fingerprint density at radius 3 is 2.78 bits per heavy atom. The Morgan fingerprint density at radius 2 is 2.06 bits per heavy atom. The Labute approximate surface area is 109 Å². The van der Waals surface area contributed by atoms with Crippen LogP contribution >= 0.6 is 0 Å². The van der Waals surface area contributed by atoms with E-state index in [4.69, 9.17) is 15.2 Å². The van der Waals surface area contributed by atoms with Crippen LogP contribution in [0.5, 0.6) is 5.75 Å². The molecule has 2 N–H and O–H groups in total. The maximum atomic E-state index is 6.24. The molecule has 0 fully saturated rings. The van der Waals surface area contributed by atoms with Gasteiger partial charge in [-0.05, 0) is 17.9 Å². The molecule has 0 aromatic heterocycles. The van der Waals surface area contributed by atoms with Crippen molar-refractivity contribution in [2.24, 2.45) is 11.1 Å². The average Bonchev–Trinajstić information content (AvgIpc) is 2.31. The van der Waals surface area contributed by atoms with Gasteiger partial charge >= 0.3 is 0 Å². The van der Waals surface area contributed by atoms with Gasteiger partial charge in [0.05, 0.1) is 6.04 Å². The Kier molecular flexibility index (Phi) is 3.93. The molecule has 0 saturated carbocycles. The zero-order chi connectivity index (χ0) is 13.2. The average molecular weight is 249 g/mol. The molecule has 0 spiro atoms. The lowest BCUT2D eigenvalue weighted by molar-refractivity contribution is -0.0158. The highest BCUT2D eigenvalue weighted by atomic mass is 16.5. The number of fused-ring (bicyclic) bond motifs is 1. The number of hydrogen-bond donors (Lipinski definition) is 1. The molecule has 0 amide bonds. The summed E-state index contributed by atoms with van der Waals surface area (Å²) in [5.41, 5.74) is 7.57. The molecule has 0 aliphatic carbocycles. The van der Waals surface area contributed by atoms with Crippen molar-refractivity contribution in [1.82, 2.24) is 0 Å². The SMILES string of the molecule is CC(C)(C)CCOC1COc2ccccc2C1N. The minimum absolute atomic E-state index is 0.0396. The number of ether oxygens (including phenoxy) is 2. The summed E-state index contributed by atoms with van der Waals surface area (Å²) in [4.78, 5) is 0. The van der Waals surface area contributed by atoms with E-state index < -0.39 is 0 Å². The van der Waals surface area contributed by atoms with E-state index in [2.05, 4.69) is 20.8 Å². The normalized spacial score (nSPS) is 23.3. The highest BCUT2D eigenvalue weighted by Crippen LogP contribution is 2.31. The fourth-order valence-electron chi connectivity index (χ4n) is 2.03. The van der Waals surface area contributed by atoms with Crippen LogP contribution < -0.4 is 10.5 Å². The maximum Gasteiger partial charge on any atom is 0.124 e. The van der Waals surface area contributed by atoms with Crippen LogP contribution in [0.15, 0.2) is 24.3 Å². The van der Waals surface area contributed by atoms with Gasteiger partial charge in [-0.25, -0.2) is 0 Å². The van der Waals surface area contributed by atoms with Gasteiger partial charge < -0.3 is 15.2 Å². The quantitative estimate of drug-likeness (QED) is 0.895. The first kappa shape index (κ1) is 13.4. The predicted molar refractivity (Wildman–Crippen MR) is 72.7 cm³/mol. The number of hydrogen-bond acceptors (Lipinski definition) is 3. The second-order valence-corrected chi connectivity index (χ2v) is 6.09. The summed E-state index contributed by atoms with van der Waals surface area (Å²) in [5, 5.41) is 0. The molecule has 3 nitrogen and oxygen atoms in total. The van der Waals surface area contributed by atoms with Crippen LogP contribution in [0.2, 0.25) is 0 Å². The van der Waals surface area contributed by atoms with E-state index >= 15 is 0 Å². The van der Waals surface area contributed by atoms with E-state index in [1.807, 2.05) is 24.3 Å². The molecular weight excluding hydrogens is 226 g/mol. The van der Waals surface area contributed by atoms with Gasteiger partial charge in [0, 0.05) is 12.2 Å². The van der Waals surface area contributed by atoms with Crippen molar-refractivity contribution in [2.45, 2.75) is 39.3 Å². The van der Waals surface area contributed by atoms with Crippen molar-refractivity contribution >= 4 is 0 Å². The van der Waals surface area contributed by atoms with E-state index in [1.165, 1.54) is 0 Å². The van der Waals surface area contributed by atoms with Crippen LogP contribution in [0.4, 0.5) is 0 Å². The topological polar surface area (TPSA) is 44.5 Å². The largest absolute Gasteiger partial charge is 0.490 e. The van der Waals surface area contributed by atoms with Crippen LogP contribution in [-0.2, 0) is 4.74 Å². The fourth-order valence-corrected chi connectivity index (χ4v) is 2.03. The monoisotopic (exact) mass is 249 g/mol. The second kappa shape index (κ2) is 5.29. The smallest absolute Gasteiger partial charge is 0.124 e. The molecule has 1 heterocycles. The summed E-state index contributed by atoms with van der Waals surface area (Å²) in [6.07, 6.45) is 0.986. The van der Waals surface area contributed by atoms with Crippen LogP contribution in [-0.4, -0.2) is 19.3 Å². The summed E-state index contributed by atoms with van der Waals surface area (Å²) in [6.45, 7) is 7.91.